The second kappa shape index (κ2) is 7.75. The van der Waals surface area contributed by atoms with Crippen molar-refractivity contribution >= 4 is 21.6 Å². The summed E-state index contributed by atoms with van der Waals surface area (Å²) >= 11 is 0. The molecule has 1 unspecified atom stereocenters. The summed E-state index contributed by atoms with van der Waals surface area (Å²) in [6.07, 6.45) is -0.487. The number of carbonyl (C=O) groups is 1. The van der Waals surface area contributed by atoms with Gasteiger partial charge in [0.1, 0.15) is 12.4 Å². The molecule has 1 N–H and O–H groups in total. The van der Waals surface area contributed by atoms with Crippen LogP contribution in [0.25, 0.3) is 0 Å². The number of nitrogens with one attached hydrogen (secondary N) is 1. The standard InChI is InChI=1S/C19H21FN2O4S/c1-13-7-14(2)9-16(8-13)22-11-17(26-12-19(22)23)10-21-27(24,25)18-5-3-15(20)4-6-18/h3-9,17,21H,10-12H2,1-2H3. The highest BCUT2D eigenvalue weighted by atomic mass is 32.2. The molecule has 144 valence electrons. The molecule has 1 atom stereocenters. The lowest BCUT2D eigenvalue weighted by Crippen LogP contribution is -2.50. The Morgan fingerprint density at radius 2 is 1.78 bits per heavy atom. The number of rotatable bonds is 5. The molecule has 1 amide bonds. The number of halogens is 1. The maximum absolute atomic E-state index is 13.0. The first-order valence-electron chi connectivity index (χ1n) is 8.50. The second-order valence-electron chi connectivity index (χ2n) is 6.59. The second-order valence-corrected chi connectivity index (χ2v) is 8.36. The SMILES string of the molecule is Cc1cc(C)cc(N2CC(CNS(=O)(=O)c3ccc(F)cc3)OCC2=O)c1. The van der Waals surface area contributed by atoms with E-state index in [0.717, 1.165) is 28.9 Å². The van der Waals surface area contributed by atoms with Gasteiger partial charge in [0.05, 0.1) is 17.5 Å². The molecule has 0 saturated carbocycles. The van der Waals surface area contributed by atoms with Crippen LogP contribution in [0.3, 0.4) is 0 Å². The van der Waals surface area contributed by atoms with Gasteiger partial charge in [-0.1, -0.05) is 6.07 Å². The van der Waals surface area contributed by atoms with Gasteiger partial charge in [-0.3, -0.25) is 4.79 Å². The van der Waals surface area contributed by atoms with Crippen LogP contribution in [0, 0.1) is 19.7 Å². The molecule has 27 heavy (non-hydrogen) atoms. The predicted molar refractivity (Wildman–Crippen MR) is 99.6 cm³/mol. The maximum atomic E-state index is 13.0. The molecule has 2 aromatic rings. The van der Waals surface area contributed by atoms with E-state index >= 15 is 0 Å². The first-order valence-corrected chi connectivity index (χ1v) is 9.98. The highest BCUT2D eigenvalue weighted by Gasteiger charge is 2.29. The van der Waals surface area contributed by atoms with Crippen molar-refractivity contribution in [1.29, 1.82) is 0 Å². The van der Waals surface area contributed by atoms with Crippen molar-refractivity contribution in [2.75, 3.05) is 24.6 Å². The average Bonchev–Trinajstić information content (AvgIpc) is 2.60. The zero-order valence-corrected chi connectivity index (χ0v) is 15.9. The number of morpholine rings is 1. The number of amides is 1. The Morgan fingerprint density at radius 3 is 2.41 bits per heavy atom. The van der Waals surface area contributed by atoms with Crippen LogP contribution in [0.5, 0.6) is 0 Å². The van der Waals surface area contributed by atoms with E-state index in [9.17, 15) is 17.6 Å². The number of sulfonamides is 1. The van der Waals surface area contributed by atoms with Crippen molar-refractivity contribution in [3.8, 4) is 0 Å². The van der Waals surface area contributed by atoms with Crippen LogP contribution >= 0.6 is 0 Å². The molecule has 0 aromatic heterocycles. The van der Waals surface area contributed by atoms with Gasteiger partial charge in [-0.25, -0.2) is 17.5 Å². The number of anilines is 1. The van der Waals surface area contributed by atoms with Crippen LogP contribution < -0.4 is 9.62 Å². The lowest BCUT2D eigenvalue weighted by Gasteiger charge is -2.33. The molecule has 0 bridgehead atoms. The Bertz CT molecular complexity index is 924. The van der Waals surface area contributed by atoms with Gasteiger partial charge >= 0.3 is 0 Å². The summed E-state index contributed by atoms with van der Waals surface area (Å²) in [5.41, 5.74) is 2.85. The van der Waals surface area contributed by atoms with E-state index in [0.29, 0.717) is 0 Å². The first kappa shape index (κ1) is 19.5. The number of benzene rings is 2. The summed E-state index contributed by atoms with van der Waals surface area (Å²) in [7, 11) is -3.79. The van der Waals surface area contributed by atoms with Crippen molar-refractivity contribution in [2.45, 2.75) is 24.8 Å². The highest BCUT2D eigenvalue weighted by molar-refractivity contribution is 7.89. The van der Waals surface area contributed by atoms with E-state index in [4.69, 9.17) is 4.74 Å². The van der Waals surface area contributed by atoms with E-state index in [2.05, 4.69) is 4.72 Å². The average molecular weight is 392 g/mol. The molecule has 8 heteroatoms. The number of carbonyl (C=O) groups excluding carboxylic acids is 1. The van der Waals surface area contributed by atoms with E-state index < -0.39 is 21.9 Å². The Kier molecular flexibility index (Phi) is 5.59. The quantitative estimate of drug-likeness (QED) is 0.846. The smallest absolute Gasteiger partial charge is 0.253 e. The van der Waals surface area contributed by atoms with Crippen LogP contribution in [-0.2, 0) is 19.6 Å². The number of ether oxygens (including phenoxy) is 1. The molecule has 3 rings (SSSR count). The third-order valence-electron chi connectivity index (χ3n) is 4.27. The van der Waals surface area contributed by atoms with Crippen LogP contribution in [0.1, 0.15) is 11.1 Å². The first-order chi connectivity index (χ1) is 12.7. The summed E-state index contributed by atoms with van der Waals surface area (Å²) in [5.74, 6) is -0.676. The van der Waals surface area contributed by atoms with Gasteiger partial charge in [0.2, 0.25) is 10.0 Å². The van der Waals surface area contributed by atoms with Crippen molar-refractivity contribution < 1.29 is 22.3 Å². The molecule has 1 heterocycles. The van der Waals surface area contributed by atoms with Gasteiger partial charge in [-0.2, -0.15) is 0 Å². The summed E-state index contributed by atoms with van der Waals surface area (Å²) in [6.45, 7) is 4.04. The summed E-state index contributed by atoms with van der Waals surface area (Å²) < 4.78 is 45.6. The highest BCUT2D eigenvalue weighted by Crippen LogP contribution is 2.22. The molecule has 1 aliphatic rings. The Balaban J connectivity index is 1.69. The fraction of sp³-hybridized carbons (Fsp3) is 0.316. The van der Waals surface area contributed by atoms with Crippen molar-refractivity contribution in [3.63, 3.8) is 0 Å². The van der Waals surface area contributed by atoms with Crippen molar-refractivity contribution in [3.05, 3.63) is 59.4 Å². The van der Waals surface area contributed by atoms with Gasteiger partial charge in [-0.15, -0.1) is 0 Å². The van der Waals surface area contributed by atoms with Gasteiger partial charge < -0.3 is 9.64 Å². The molecule has 0 aliphatic carbocycles. The normalized spacial score (nSPS) is 18.0. The monoisotopic (exact) mass is 392 g/mol. The van der Waals surface area contributed by atoms with E-state index in [1.165, 1.54) is 12.1 Å². The molecule has 1 fully saturated rings. The van der Waals surface area contributed by atoms with E-state index in [1.54, 1.807) is 4.90 Å². The van der Waals surface area contributed by atoms with Gasteiger partial charge in [0, 0.05) is 12.2 Å². The van der Waals surface area contributed by atoms with Crippen LogP contribution in [0.4, 0.5) is 10.1 Å². The summed E-state index contributed by atoms with van der Waals surface area (Å²) in [4.78, 5) is 13.8. The minimum Gasteiger partial charge on any atom is -0.365 e. The van der Waals surface area contributed by atoms with Gasteiger partial charge in [-0.05, 0) is 61.4 Å². The minimum absolute atomic E-state index is 0.00822. The molecule has 0 radical (unpaired) electrons. The summed E-state index contributed by atoms with van der Waals surface area (Å²) in [5, 5.41) is 0. The van der Waals surface area contributed by atoms with Gasteiger partial charge in [0.25, 0.3) is 5.91 Å². The van der Waals surface area contributed by atoms with E-state index in [-0.39, 0.29) is 30.5 Å². The minimum atomic E-state index is -3.79. The Hall–Kier alpha value is -2.29. The van der Waals surface area contributed by atoms with Crippen LogP contribution in [0.15, 0.2) is 47.4 Å². The zero-order valence-electron chi connectivity index (χ0n) is 15.1. The zero-order chi connectivity index (χ0) is 19.6. The molecule has 1 saturated heterocycles. The topological polar surface area (TPSA) is 75.7 Å². The fourth-order valence-electron chi connectivity index (χ4n) is 3.00. The third kappa shape index (κ3) is 4.71. The van der Waals surface area contributed by atoms with Crippen LogP contribution in [0.2, 0.25) is 0 Å². The lowest BCUT2D eigenvalue weighted by molar-refractivity contribution is -0.129. The molecular weight excluding hydrogens is 371 g/mol. The summed E-state index contributed by atoms with van der Waals surface area (Å²) in [6, 6.07) is 10.4. The molecule has 6 nitrogen and oxygen atoms in total. The Morgan fingerprint density at radius 1 is 1.15 bits per heavy atom. The lowest BCUT2D eigenvalue weighted by atomic mass is 10.1. The maximum Gasteiger partial charge on any atom is 0.253 e. The van der Waals surface area contributed by atoms with Crippen molar-refractivity contribution in [1.82, 2.24) is 4.72 Å². The Labute approximate surface area is 158 Å². The fourth-order valence-corrected chi connectivity index (χ4v) is 4.07. The third-order valence-corrected chi connectivity index (χ3v) is 5.71. The van der Waals surface area contributed by atoms with Gasteiger partial charge in [0.15, 0.2) is 0 Å². The number of hydrogen-bond acceptors (Lipinski definition) is 4. The van der Waals surface area contributed by atoms with Crippen LogP contribution in [-0.4, -0.2) is 40.1 Å². The molecule has 2 aromatic carbocycles. The molecule has 1 aliphatic heterocycles. The predicted octanol–water partition coefficient (Wildman–Crippen LogP) is 2.15. The largest absolute Gasteiger partial charge is 0.365 e. The van der Waals surface area contributed by atoms with Crippen molar-refractivity contribution in [2.24, 2.45) is 0 Å². The van der Waals surface area contributed by atoms with E-state index in [1.807, 2.05) is 32.0 Å². The number of nitrogens with zero attached hydrogens (tertiary/aromatic N) is 1. The number of hydrogen-bond donors (Lipinski definition) is 1. The molecular formula is C19H21FN2O4S. The number of aryl methyl sites for hydroxylation is 2. The molecule has 0 spiro atoms.